The van der Waals surface area contributed by atoms with Gasteiger partial charge in [0.15, 0.2) is 0 Å². The fourth-order valence-electron chi connectivity index (χ4n) is 0.903. The molecular formula is C7H4ClNS2. The zero-order valence-corrected chi connectivity index (χ0v) is 7.88. The molecule has 2 rings (SSSR count). The molecule has 0 saturated heterocycles. The van der Waals surface area contributed by atoms with Crippen molar-refractivity contribution in [2.24, 2.45) is 0 Å². The van der Waals surface area contributed by atoms with Crippen LogP contribution in [0.5, 0.6) is 0 Å². The average molecular weight is 202 g/mol. The SMILES string of the molecule is Sc1nc2c(Cl)cccc2s1. The molecule has 1 heterocycles. The Bertz CT molecular complexity index is 396. The molecule has 56 valence electrons. The molecule has 2 aromatic rings. The van der Waals surface area contributed by atoms with Crippen LogP contribution in [0.3, 0.4) is 0 Å². The molecule has 0 radical (unpaired) electrons. The number of halogens is 1. The summed E-state index contributed by atoms with van der Waals surface area (Å²) >= 11 is 11.6. The van der Waals surface area contributed by atoms with Gasteiger partial charge in [0.05, 0.1) is 9.72 Å². The van der Waals surface area contributed by atoms with Gasteiger partial charge >= 0.3 is 0 Å². The number of benzene rings is 1. The zero-order valence-electron chi connectivity index (χ0n) is 5.41. The summed E-state index contributed by atoms with van der Waals surface area (Å²) in [4.78, 5) is 4.16. The molecule has 11 heavy (non-hydrogen) atoms. The lowest BCUT2D eigenvalue weighted by molar-refractivity contribution is 1.31. The first-order chi connectivity index (χ1) is 5.27. The number of para-hydroxylation sites is 1. The van der Waals surface area contributed by atoms with Gasteiger partial charge < -0.3 is 0 Å². The van der Waals surface area contributed by atoms with Crippen molar-refractivity contribution in [3.05, 3.63) is 23.2 Å². The molecule has 0 amide bonds. The number of nitrogens with zero attached hydrogens (tertiary/aromatic N) is 1. The number of fused-ring (bicyclic) bond motifs is 1. The second-order valence-electron chi connectivity index (χ2n) is 2.08. The van der Waals surface area contributed by atoms with E-state index < -0.39 is 0 Å². The number of hydrogen-bond acceptors (Lipinski definition) is 3. The van der Waals surface area contributed by atoms with Gasteiger partial charge in [-0.15, -0.1) is 24.0 Å². The second kappa shape index (κ2) is 2.66. The van der Waals surface area contributed by atoms with Gasteiger partial charge in [-0.25, -0.2) is 4.98 Å². The topological polar surface area (TPSA) is 12.9 Å². The van der Waals surface area contributed by atoms with Gasteiger partial charge in [0.25, 0.3) is 0 Å². The van der Waals surface area contributed by atoms with E-state index in [1.165, 1.54) is 11.3 Å². The van der Waals surface area contributed by atoms with Gasteiger partial charge in [0.1, 0.15) is 9.86 Å². The summed E-state index contributed by atoms with van der Waals surface area (Å²) in [5, 5.41) is 0.694. The molecule has 0 fully saturated rings. The maximum Gasteiger partial charge on any atom is 0.148 e. The Morgan fingerprint density at radius 2 is 2.27 bits per heavy atom. The monoisotopic (exact) mass is 201 g/mol. The van der Waals surface area contributed by atoms with Crippen LogP contribution in [-0.4, -0.2) is 4.98 Å². The van der Waals surface area contributed by atoms with Crippen molar-refractivity contribution < 1.29 is 0 Å². The van der Waals surface area contributed by atoms with E-state index in [0.717, 1.165) is 14.6 Å². The second-order valence-corrected chi connectivity index (χ2v) is 4.25. The van der Waals surface area contributed by atoms with E-state index in [4.69, 9.17) is 11.6 Å². The van der Waals surface area contributed by atoms with Crippen molar-refractivity contribution in [3.8, 4) is 0 Å². The summed E-state index contributed by atoms with van der Waals surface area (Å²) in [6.07, 6.45) is 0. The van der Waals surface area contributed by atoms with Crippen LogP contribution in [0.15, 0.2) is 22.5 Å². The molecule has 4 heteroatoms. The van der Waals surface area contributed by atoms with Crippen molar-refractivity contribution in [1.82, 2.24) is 4.98 Å². The van der Waals surface area contributed by atoms with Gasteiger partial charge in [0, 0.05) is 0 Å². The maximum atomic E-state index is 5.88. The zero-order chi connectivity index (χ0) is 7.84. The van der Waals surface area contributed by atoms with Gasteiger partial charge in [-0.1, -0.05) is 17.7 Å². The molecule has 0 aliphatic rings. The van der Waals surface area contributed by atoms with Crippen LogP contribution in [0.1, 0.15) is 0 Å². The molecule has 0 spiro atoms. The fourth-order valence-corrected chi connectivity index (χ4v) is 2.30. The first-order valence-corrected chi connectivity index (χ1v) is 4.65. The normalized spacial score (nSPS) is 10.7. The molecule has 1 aromatic heterocycles. The standard InChI is InChI=1S/C7H4ClNS2/c8-4-2-1-3-5-6(4)9-7(10)11-5/h1-3H,(H,9,10). The minimum absolute atomic E-state index is 0.694. The molecule has 0 unspecified atom stereocenters. The number of thiazole rings is 1. The van der Waals surface area contributed by atoms with Crippen LogP contribution in [-0.2, 0) is 0 Å². The Balaban J connectivity index is 2.90. The third-order valence-corrected chi connectivity index (χ3v) is 2.86. The van der Waals surface area contributed by atoms with Crippen LogP contribution >= 0.6 is 35.6 Å². The molecule has 1 nitrogen and oxygen atoms in total. The van der Waals surface area contributed by atoms with Crippen LogP contribution in [0, 0.1) is 0 Å². The fraction of sp³-hybridized carbons (Fsp3) is 0. The van der Waals surface area contributed by atoms with Crippen molar-refractivity contribution in [2.45, 2.75) is 4.34 Å². The first kappa shape index (κ1) is 7.40. The predicted molar refractivity (Wildman–Crippen MR) is 51.9 cm³/mol. The average Bonchev–Trinajstić information content (AvgIpc) is 2.31. The highest BCUT2D eigenvalue weighted by Crippen LogP contribution is 2.29. The lowest BCUT2D eigenvalue weighted by Crippen LogP contribution is -1.68. The Morgan fingerprint density at radius 1 is 1.45 bits per heavy atom. The third-order valence-electron chi connectivity index (χ3n) is 1.36. The Hall–Kier alpha value is -0.250. The molecule has 0 aliphatic heterocycles. The molecule has 0 saturated carbocycles. The highest BCUT2D eigenvalue weighted by atomic mass is 35.5. The largest absolute Gasteiger partial charge is 0.228 e. The number of thiol groups is 1. The highest BCUT2D eigenvalue weighted by molar-refractivity contribution is 7.82. The van der Waals surface area contributed by atoms with Crippen LogP contribution in [0.2, 0.25) is 5.02 Å². The van der Waals surface area contributed by atoms with Crippen molar-refractivity contribution >= 4 is 45.8 Å². The van der Waals surface area contributed by atoms with E-state index in [-0.39, 0.29) is 0 Å². The summed E-state index contributed by atoms with van der Waals surface area (Å²) in [7, 11) is 0. The lowest BCUT2D eigenvalue weighted by Gasteiger charge is -1.87. The maximum absolute atomic E-state index is 5.88. The van der Waals surface area contributed by atoms with E-state index in [1.807, 2.05) is 18.2 Å². The minimum Gasteiger partial charge on any atom is -0.228 e. The summed E-state index contributed by atoms with van der Waals surface area (Å²) < 4.78 is 1.84. The van der Waals surface area contributed by atoms with Gasteiger partial charge in [0.2, 0.25) is 0 Å². The van der Waals surface area contributed by atoms with Crippen molar-refractivity contribution in [1.29, 1.82) is 0 Å². The van der Waals surface area contributed by atoms with E-state index in [0.29, 0.717) is 5.02 Å². The Morgan fingerprint density at radius 3 is 3.00 bits per heavy atom. The molecule has 1 aromatic carbocycles. The van der Waals surface area contributed by atoms with E-state index >= 15 is 0 Å². The molecular weight excluding hydrogens is 198 g/mol. The van der Waals surface area contributed by atoms with E-state index in [2.05, 4.69) is 17.6 Å². The highest BCUT2D eigenvalue weighted by Gasteiger charge is 2.02. The van der Waals surface area contributed by atoms with Crippen LogP contribution in [0.4, 0.5) is 0 Å². The molecule has 0 bridgehead atoms. The Kier molecular flexibility index (Phi) is 1.79. The number of hydrogen-bond donors (Lipinski definition) is 1. The summed E-state index contributed by atoms with van der Waals surface area (Å²) in [5.74, 6) is 0. The molecule has 0 N–H and O–H groups in total. The van der Waals surface area contributed by atoms with Crippen molar-refractivity contribution in [3.63, 3.8) is 0 Å². The number of rotatable bonds is 0. The quantitative estimate of drug-likeness (QED) is 0.646. The van der Waals surface area contributed by atoms with Gasteiger partial charge in [-0.2, -0.15) is 0 Å². The van der Waals surface area contributed by atoms with E-state index in [1.54, 1.807) is 0 Å². The number of aromatic nitrogens is 1. The summed E-state index contributed by atoms with van der Waals surface area (Å²) in [5.41, 5.74) is 0.851. The first-order valence-electron chi connectivity index (χ1n) is 3.01. The molecule has 0 aliphatic carbocycles. The summed E-state index contributed by atoms with van der Waals surface area (Å²) in [6, 6.07) is 5.73. The minimum atomic E-state index is 0.694. The smallest absolute Gasteiger partial charge is 0.148 e. The predicted octanol–water partition coefficient (Wildman–Crippen LogP) is 3.24. The van der Waals surface area contributed by atoms with Gasteiger partial charge in [-0.3, -0.25) is 0 Å². The Labute approximate surface area is 78.4 Å². The third kappa shape index (κ3) is 1.24. The van der Waals surface area contributed by atoms with Gasteiger partial charge in [-0.05, 0) is 12.1 Å². The van der Waals surface area contributed by atoms with E-state index in [9.17, 15) is 0 Å². The van der Waals surface area contributed by atoms with Crippen LogP contribution < -0.4 is 0 Å². The molecule has 0 atom stereocenters. The van der Waals surface area contributed by atoms with Crippen molar-refractivity contribution in [2.75, 3.05) is 0 Å². The summed E-state index contributed by atoms with van der Waals surface area (Å²) in [6.45, 7) is 0. The lowest BCUT2D eigenvalue weighted by atomic mass is 10.3. The van der Waals surface area contributed by atoms with Crippen LogP contribution in [0.25, 0.3) is 10.2 Å².